The number of carbonyl (C=O) groups is 1. The molecule has 0 aliphatic carbocycles. The first-order valence-electron chi connectivity index (χ1n) is 5.32. The third kappa shape index (κ3) is 3.77. The minimum absolute atomic E-state index is 0.0846. The molecule has 0 radical (unpaired) electrons. The molecule has 1 aliphatic rings. The molecule has 0 aromatic rings. The molecule has 88 valence electrons. The Morgan fingerprint density at radius 2 is 2.33 bits per heavy atom. The van der Waals surface area contributed by atoms with E-state index in [-0.39, 0.29) is 12.5 Å². The van der Waals surface area contributed by atoms with E-state index in [0.29, 0.717) is 12.6 Å². The molecule has 15 heavy (non-hydrogen) atoms. The number of piperazine rings is 1. The predicted octanol–water partition coefficient (Wildman–Crippen LogP) is -0.230. The molecule has 1 aliphatic heterocycles. The Hall–Kier alpha value is -0.650. The summed E-state index contributed by atoms with van der Waals surface area (Å²) in [6, 6.07) is 0.458. The summed E-state index contributed by atoms with van der Waals surface area (Å²) in [5.41, 5.74) is 0. The lowest BCUT2D eigenvalue weighted by molar-refractivity contribution is -0.139. The van der Waals surface area contributed by atoms with Gasteiger partial charge in [0.25, 0.3) is 0 Å². The number of hydrogen-bond donors (Lipinski definition) is 2. The summed E-state index contributed by atoms with van der Waals surface area (Å²) in [5, 5.41) is 12.1. The molecule has 5 nitrogen and oxygen atoms in total. The Balaban J connectivity index is 2.51. The summed E-state index contributed by atoms with van der Waals surface area (Å²) in [6.07, 6.45) is 0.195. The molecule has 0 amide bonds. The molecule has 0 aromatic carbocycles. The van der Waals surface area contributed by atoms with Crippen LogP contribution in [0.15, 0.2) is 0 Å². The van der Waals surface area contributed by atoms with E-state index in [4.69, 9.17) is 9.84 Å². The standard InChI is InChI=1S/C10H20N2O3/c1-8-6-11-7-9(5-10(13)14)12(8)3-4-15-2/h8-9,11H,3-7H2,1-2H3,(H,13,14). The molecule has 1 saturated heterocycles. The minimum Gasteiger partial charge on any atom is -0.481 e. The van der Waals surface area contributed by atoms with E-state index >= 15 is 0 Å². The summed E-state index contributed by atoms with van der Waals surface area (Å²) in [6.45, 7) is 5.23. The van der Waals surface area contributed by atoms with Crippen LogP contribution in [0.4, 0.5) is 0 Å². The van der Waals surface area contributed by atoms with Crippen molar-refractivity contribution in [1.29, 1.82) is 0 Å². The average Bonchev–Trinajstić information content (AvgIpc) is 2.16. The lowest BCUT2D eigenvalue weighted by atomic mass is 10.1. The summed E-state index contributed by atoms with van der Waals surface area (Å²) < 4.78 is 5.04. The first-order chi connectivity index (χ1) is 7.15. The predicted molar refractivity (Wildman–Crippen MR) is 57.0 cm³/mol. The van der Waals surface area contributed by atoms with Crippen LogP contribution in [0.2, 0.25) is 0 Å². The summed E-state index contributed by atoms with van der Waals surface area (Å²) in [5.74, 6) is -0.738. The maximum absolute atomic E-state index is 10.7. The van der Waals surface area contributed by atoms with Gasteiger partial charge in [-0.25, -0.2) is 0 Å². The lowest BCUT2D eigenvalue weighted by Gasteiger charge is -2.40. The maximum atomic E-state index is 10.7. The van der Waals surface area contributed by atoms with Gasteiger partial charge < -0.3 is 15.2 Å². The number of nitrogens with zero attached hydrogens (tertiary/aromatic N) is 1. The molecule has 0 bridgehead atoms. The Morgan fingerprint density at radius 1 is 1.60 bits per heavy atom. The molecule has 2 atom stereocenters. The molecule has 2 N–H and O–H groups in total. The number of nitrogens with one attached hydrogen (secondary N) is 1. The van der Waals surface area contributed by atoms with Crippen molar-refractivity contribution in [3.05, 3.63) is 0 Å². The third-order valence-electron chi connectivity index (χ3n) is 2.82. The summed E-state index contributed by atoms with van der Waals surface area (Å²) in [4.78, 5) is 12.9. The number of methoxy groups -OCH3 is 1. The van der Waals surface area contributed by atoms with Crippen molar-refractivity contribution in [2.45, 2.75) is 25.4 Å². The molecule has 0 aromatic heterocycles. The van der Waals surface area contributed by atoms with Crippen molar-refractivity contribution in [2.24, 2.45) is 0 Å². The zero-order valence-electron chi connectivity index (χ0n) is 9.40. The van der Waals surface area contributed by atoms with E-state index in [2.05, 4.69) is 17.1 Å². The highest BCUT2D eigenvalue weighted by Gasteiger charge is 2.28. The average molecular weight is 216 g/mol. The van der Waals surface area contributed by atoms with E-state index in [1.165, 1.54) is 0 Å². The van der Waals surface area contributed by atoms with Crippen LogP contribution in [-0.4, -0.2) is 61.4 Å². The van der Waals surface area contributed by atoms with Gasteiger partial charge in [0.05, 0.1) is 13.0 Å². The van der Waals surface area contributed by atoms with Gasteiger partial charge >= 0.3 is 5.97 Å². The Kier molecular flexibility index (Phi) is 5.01. The fourth-order valence-corrected chi connectivity index (χ4v) is 2.04. The van der Waals surface area contributed by atoms with Crippen LogP contribution in [0.5, 0.6) is 0 Å². The van der Waals surface area contributed by atoms with Crippen LogP contribution in [0.1, 0.15) is 13.3 Å². The number of aliphatic carboxylic acids is 1. The van der Waals surface area contributed by atoms with Gasteiger partial charge in [0.2, 0.25) is 0 Å². The molecular formula is C10H20N2O3. The quantitative estimate of drug-likeness (QED) is 0.664. The minimum atomic E-state index is -0.738. The van der Waals surface area contributed by atoms with E-state index in [9.17, 15) is 4.79 Å². The number of carboxylic acid groups (broad SMARTS) is 1. The topological polar surface area (TPSA) is 61.8 Å². The number of carboxylic acids is 1. The maximum Gasteiger partial charge on any atom is 0.304 e. The molecule has 5 heteroatoms. The molecule has 0 saturated carbocycles. The highest BCUT2D eigenvalue weighted by Crippen LogP contribution is 2.12. The highest BCUT2D eigenvalue weighted by molar-refractivity contribution is 5.67. The third-order valence-corrected chi connectivity index (χ3v) is 2.82. The molecular weight excluding hydrogens is 196 g/mol. The zero-order valence-corrected chi connectivity index (χ0v) is 9.40. The largest absolute Gasteiger partial charge is 0.481 e. The fraction of sp³-hybridized carbons (Fsp3) is 0.900. The van der Waals surface area contributed by atoms with Crippen LogP contribution in [0, 0.1) is 0 Å². The van der Waals surface area contributed by atoms with Crippen LogP contribution < -0.4 is 5.32 Å². The van der Waals surface area contributed by atoms with Crippen molar-refractivity contribution < 1.29 is 14.6 Å². The van der Waals surface area contributed by atoms with Gasteiger partial charge in [-0.05, 0) is 6.92 Å². The second-order valence-corrected chi connectivity index (χ2v) is 3.99. The Labute approximate surface area is 90.4 Å². The molecule has 1 fully saturated rings. The van der Waals surface area contributed by atoms with Crippen molar-refractivity contribution in [3.8, 4) is 0 Å². The Bertz CT molecular complexity index is 211. The molecule has 1 heterocycles. The fourth-order valence-electron chi connectivity index (χ4n) is 2.04. The normalized spacial score (nSPS) is 27.9. The van der Waals surface area contributed by atoms with Crippen LogP contribution >= 0.6 is 0 Å². The lowest BCUT2D eigenvalue weighted by Crippen LogP contribution is -2.57. The van der Waals surface area contributed by atoms with Crippen molar-refractivity contribution in [3.63, 3.8) is 0 Å². The van der Waals surface area contributed by atoms with E-state index < -0.39 is 5.97 Å². The number of hydrogen-bond acceptors (Lipinski definition) is 4. The Morgan fingerprint density at radius 3 is 2.93 bits per heavy atom. The molecule has 1 rings (SSSR count). The molecule has 2 unspecified atom stereocenters. The van der Waals surface area contributed by atoms with Crippen LogP contribution in [0.3, 0.4) is 0 Å². The number of rotatable bonds is 5. The zero-order chi connectivity index (χ0) is 11.3. The van der Waals surface area contributed by atoms with Crippen LogP contribution in [-0.2, 0) is 9.53 Å². The van der Waals surface area contributed by atoms with E-state index in [0.717, 1.165) is 19.6 Å². The van der Waals surface area contributed by atoms with Gasteiger partial charge in [-0.3, -0.25) is 9.69 Å². The smallest absolute Gasteiger partial charge is 0.304 e. The highest BCUT2D eigenvalue weighted by atomic mass is 16.5. The van der Waals surface area contributed by atoms with Crippen molar-refractivity contribution >= 4 is 5.97 Å². The van der Waals surface area contributed by atoms with Gasteiger partial charge in [-0.1, -0.05) is 0 Å². The first kappa shape index (κ1) is 12.4. The summed E-state index contributed by atoms with van der Waals surface area (Å²) >= 11 is 0. The van der Waals surface area contributed by atoms with Gasteiger partial charge in [0.1, 0.15) is 0 Å². The summed E-state index contributed by atoms with van der Waals surface area (Å²) in [7, 11) is 1.67. The van der Waals surface area contributed by atoms with Gasteiger partial charge in [0.15, 0.2) is 0 Å². The first-order valence-corrected chi connectivity index (χ1v) is 5.32. The van der Waals surface area contributed by atoms with Gasteiger partial charge in [-0.15, -0.1) is 0 Å². The molecule has 0 spiro atoms. The van der Waals surface area contributed by atoms with Crippen LogP contribution in [0.25, 0.3) is 0 Å². The second kappa shape index (κ2) is 6.05. The van der Waals surface area contributed by atoms with E-state index in [1.54, 1.807) is 7.11 Å². The number of ether oxygens (including phenoxy) is 1. The monoisotopic (exact) mass is 216 g/mol. The van der Waals surface area contributed by atoms with Gasteiger partial charge in [-0.2, -0.15) is 0 Å². The SMILES string of the molecule is COCCN1C(C)CNCC1CC(=O)O. The van der Waals surface area contributed by atoms with E-state index in [1.807, 2.05) is 0 Å². The second-order valence-electron chi connectivity index (χ2n) is 3.99. The van der Waals surface area contributed by atoms with Gasteiger partial charge in [0, 0.05) is 38.8 Å². The van der Waals surface area contributed by atoms with Crippen molar-refractivity contribution in [1.82, 2.24) is 10.2 Å². The van der Waals surface area contributed by atoms with Crippen molar-refractivity contribution in [2.75, 3.05) is 33.4 Å².